The van der Waals surface area contributed by atoms with Crippen molar-refractivity contribution in [3.63, 3.8) is 0 Å². The molecule has 0 aliphatic rings. The third-order valence-corrected chi connectivity index (χ3v) is 1.52. The zero-order valence-corrected chi connectivity index (χ0v) is 7.82. The molecule has 0 spiro atoms. The SMILES string of the molecule is COc1c(OCCCO)nc[nH]c1=O. The summed E-state index contributed by atoms with van der Waals surface area (Å²) in [6, 6.07) is 0. The van der Waals surface area contributed by atoms with Crippen LogP contribution >= 0.6 is 0 Å². The highest BCUT2D eigenvalue weighted by molar-refractivity contribution is 5.29. The second kappa shape index (κ2) is 5.23. The van der Waals surface area contributed by atoms with Crippen molar-refractivity contribution in [3.05, 3.63) is 16.7 Å². The number of methoxy groups -OCH3 is 1. The van der Waals surface area contributed by atoms with Gasteiger partial charge in [-0.2, -0.15) is 0 Å². The number of nitrogens with one attached hydrogen (secondary N) is 1. The van der Waals surface area contributed by atoms with Crippen LogP contribution in [-0.2, 0) is 0 Å². The van der Waals surface area contributed by atoms with Gasteiger partial charge in [0.1, 0.15) is 0 Å². The smallest absolute Gasteiger partial charge is 0.297 e. The van der Waals surface area contributed by atoms with Gasteiger partial charge in [0.25, 0.3) is 11.4 Å². The fourth-order valence-electron chi connectivity index (χ4n) is 0.887. The maximum atomic E-state index is 11.2. The van der Waals surface area contributed by atoms with E-state index in [0.717, 1.165) is 0 Å². The third-order valence-electron chi connectivity index (χ3n) is 1.52. The average molecular weight is 200 g/mol. The Bertz CT molecular complexity index is 336. The number of H-pyrrole nitrogens is 1. The van der Waals surface area contributed by atoms with E-state index in [0.29, 0.717) is 13.0 Å². The van der Waals surface area contributed by atoms with Crippen molar-refractivity contribution in [3.8, 4) is 11.6 Å². The number of aromatic amines is 1. The van der Waals surface area contributed by atoms with Gasteiger partial charge in [0.2, 0.25) is 5.75 Å². The number of hydrogen-bond acceptors (Lipinski definition) is 5. The summed E-state index contributed by atoms with van der Waals surface area (Å²) in [5.74, 6) is 0.190. The molecule has 2 N–H and O–H groups in total. The van der Waals surface area contributed by atoms with Gasteiger partial charge in [-0.1, -0.05) is 0 Å². The molecule has 1 heterocycles. The lowest BCUT2D eigenvalue weighted by Crippen LogP contribution is -2.13. The first-order chi connectivity index (χ1) is 6.79. The number of aliphatic hydroxyl groups excluding tert-OH is 1. The topological polar surface area (TPSA) is 84.4 Å². The van der Waals surface area contributed by atoms with Crippen LogP contribution in [0.25, 0.3) is 0 Å². The van der Waals surface area contributed by atoms with Gasteiger partial charge in [0.15, 0.2) is 0 Å². The molecule has 0 amide bonds. The Kier molecular flexibility index (Phi) is 3.93. The minimum absolute atomic E-state index is 0.0332. The Morgan fingerprint density at radius 2 is 2.43 bits per heavy atom. The summed E-state index contributed by atoms with van der Waals surface area (Å²) in [4.78, 5) is 17.3. The van der Waals surface area contributed by atoms with Crippen molar-refractivity contribution in [2.75, 3.05) is 20.3 Å². The summed E-state index contributed by atoms with van der Waals surface area (Å²) >= 11 is 0. The van der Waals surface area contributed by atoms with Crippen molar-refractivity contribution in [2.24, 2.45) is 0 Å². The summed E-state index contributed by atoms with van der Waals surface area (Å²) in [6.45, 7) is 0.328. The van der Waals surface area contributed by atoms with Crippen LogP contribution in [0.4, 0.5) is 0 Å². The first kappa shape index (κ1) is 10.5. The average Bonchev–Trinajstić information content (AvgIpc) is 2.18. The highest BCUT2D eigenvalue weighted by atomic mass is 16.5. The van der Waals surface area contributed by atoms with Gasteiger partial charge in [-0.25, -0.2) is 4.98 Å². The predicted octanol–water partition coefficient (Wildman–Crippen LogP) is -0.460. The number of aromatic nitrogens is 2. The Hall–Kier alpha value is -1.56. The number of ether oxygens (including phenoxy) is 2. The Labute approximate surface area is 80.5 Å². The lowest BCUT2D eigenvalue weighted by molar-refractivity contribution is 0.222. The normalized spacial score (nSPS) is 9.86. The quantitative estimate of drug-likeness (QED) is 0.628. The van der Waals surface area contributed by atoms with Crippen molar-refractivity contribution in [2.45, 2.75) is 6.42 Å². The Morgan fingerprint density at radius 3 is 3.07 bits per heavy atom. The molecular formula is C8H12N2O4. The van der Waals surface area contributed by atoms with E-state index in [1.807, 2.05) is 0 Å². The van der Waals surface area contributed by atoms with Gasteiger partial charge in [0.05, 0.1) is 20.0 Å². The van der Waals surface area contributed by atoms with Crippen LogP contribution in [0.5, 0.6) is 11.6 Å². The number of nitrogens with zero attached hydrogens (tertiary/aromatic N) is 1. The van der Waals surface area contributed by atoms with Gasteiger partial charge >= 0.3 is 0 Å². The predicted molar refractivity (Wildman–Crippen MR) is 48.6 cm³/mol. The molecule has 14 heavy (non-hydrogen) atoms. The maximum Gasteiger partial charge on any atom is 0.297 e. The molecule has 1 aromatic heterocycles. The molecule has 0 aromatic carbocycles. The molecule has 0 saturated heterocycles. The molecule has 0 bridgehead atoms. The first-order valence-electron chi connectivity index (χ1n) is 4.15. The minimum atomic E-state index is -0.388. The molecule has 6 nitrogen and oxygen atoms in total. The zero-order chi connectivity index (χ0) is 10.4. The van der Waals surface area contributed by atoms with Gasteiger partial charge in [0, 0.05) is 13.0 Å². The molecule has 1 aromatic rings. The van der Waals surface area contributed by atoms with Crippen molar-refractivity contribution in [1.82, 2.24) is 9.97 Å². The van der Waals surface area contributed by atoms with Crippen LogP contribution in [-0.4, -0.2) is 35.4 Å². The highest BCUT2D eigenvalue weighted by Gasteiger charge is 2.09. The van der Waals surface area contributed by atoms with Crippen LogP contribution < -0.4 is 15.0 Å². The first-order valence-corrected chi connectivity index (χ1v) is 4.15. The Balaban J connectivity index is 2.75. The molecule has 0 fully saturated rings. The molecule has 0 atom stereocenters. The molecule has 0 radical (unpaired) electrons. The largest absolute Gasteiger partial charge is 0.487 e. The molecule has 0 saturated carbocycles. The second-order valence-electron chi connectivity index (χ2n) is 2.50. The van der Waals surface area contributed by atoms with Crippen molar-refractivity contribution in [1.29, 1.82) is 0 Å². The van der Waals surface area contributed by atoms with Crippen molar-refractivity contribution < 1.29 is 14.6 Å². The second-order valence-corrected chi connectivity index (χ2v) is 2.50. The standard InChI is InChI=1S/C8H12N2O4/c1-13-6-7(12)9-5-10-8(6)14-4-2-3-11/h5,11H,2-4H2,1H3,(H,9,10,12). The summed E-state index contributed by atoms with van der Waals surface area (Å²) in [7, 11) is 1.37. The van der Waals surface area contributed by atoms with Gasteiger partial charge in [-0.05, 0) is 0 Å². The van der Waals surface area contributed by atoms with Crippen LogP contribution in [0.3, 0.4) is 0 Å². The zero-order valence-electron chi connectivity index (χ0n) is 7.82. The van der Waals surface area contributed by atoms with E-state index in [1.165, 1.54) is 13.4 Å². The van der Waals surface area contributed by atoms with E-state index in [-0.39, 0.29) is 23.8 Å². The molecule has 0 aliphatic carbocycles. The fourth-order valence-corrected chi connectivity index (χ4v) is 0.887. The fraction of sp³-hybridized carbons (Fsp3) is 0.500. The van der Waals surface area contributed by atoms with E-state index in [2.05, 4.69) is 9.97 Å². The molecule has 0 unspecified atom stereocenters. The lowest BCUT2D eigenvalue weighted by Gasteiger charge is -2.06. The van der Waals surface area contributed by atoms with E-state index in [4.69, 9.17) is 14.6 Å². The lowest BCUT2D eigenvalue weighted by atomic mass is 10.5. The highest BCUT2D eigenvalue weighted by Crippen LogP contribution is 2.16. The number of hydrogen-bond donors (Lipinski definition) is 2. The molecule has 0 aliphatic heterocycles. The van der Waals surface area contributed by atoms with Crippen LogP contribution in [0.15, 0.2) is 11.1 Å². The summed E-state index contributed by atoms with van der Waals surface area (Å²) in [5.41, 5.74) is -0.388. The Morgan fingerprint density at radius 1 is 1.64 bits per heavy atom. The minimum Gasteiger partial charge on any atom is -0.487 e. The van der Waals surface area contributed by atoms with Crippen LogP contribution in [0, 0.1) is 0 Å². The van der Waals surface area contributed by atoms with E-state index in [9.17, 15) is 4.79 Å². The molecule has 6 heteroatoms. The summed E-state index contributed by atoms with van der Waals surface area (Å²) in [6.07, 6.45) is 1.72. The maximum absolute atomic E-state index is 11.2. The molecule has 78 valence electrons. The van der Waals surface area contributed by atoms with Gasteiger partial charge in [-0.15, -0.1) is 0 Å². The monoisotopic (exact) mass is 200 g/mol. The van der Waals surface area contributed by atoms with E-state index in [1.54, 1.807) is 0 Å². The summed E-state index contributed by atoms with van der Waals surface area (Å²) < 4.78 is 9.95. The number of rotatable bonds is 5. The van der Waals surface area contributed by atoms with Crippen LogP contribution in [0.1, 0.15) is 6.42 Å². The third kappa shape index (κ3) is 2.46. The number of aliphatic hydroxyl groups is 1. The van der Waals surface area contributed by atoms with Crippen molar-refractivity contribution >= 4 is 0 Å². The van der Waals surface area contributed by atoms with Crippen LogP contribution in [0.2, 0.25) is 0 Å². The molecule has 1 rings (SSSR count). The molecular weight excluding hydrogens is 188 g/mol. The summed E-state index contributed by atoms with van der Waals surface area (Å²) in [5, 5.41) is 8.53. The van der Waals surface area contributed by atoms with E-state index < -0.39 is 0 Å². The van der Waals surface area contributed by atoms with E-state index >= 15 is 0 Å². The van der Waals surface area contributed by atoms with Gasteiger partial charge < -0.3 is 19.6 Å². The van der Waals surface area contributed by atoms with Gasteiger partial charge in [-0.3, -0.25) is 4.79 Å².